The third-order valence-corrected chi connectivity index (χ3v) is 3.07. The molecule has 0 unspecified atom stereocenters. The molecular weight excluding hydrogens is 254 g/mol. The molecule has 1 aromatic heterocycles. The minimum absolute atomic E-state index is 0.751. The van der Waals surface area contributed by atoms with E-state index in [1.807, 2.05) is 22.9 Å². The molecule has 0 radical (unpaired) electrons. The van der Waals surface area contributed by atoms with Gasteiger partial charge in [0.05, 0.1) is 0 Å². The molecule has 1 aliphatic rings. The monoisotopic (exact) mass is 261 g/mol. The van der Waals surface area contributed by atoms with E-state index in [9.17, 15) is 0 Å². The second-order valence-corrected chi connectivity index (χ2v) is 4.16. The van der Waals surface area contributed by atoms with Crippen LogP contribution in [0.2, 0.25) is 0 Å². The molecule has 3 rings (SSSR count). The third-order valence-electron chi connectivity index (χ3n) is 2.53. The highest BCUT2D eigenvalue weighted by Crippen LogP contribution is 2.21. The van der Waals surface area contributed by atoms with Gasteiger partial charge in [-0.25, -0.2) is 0 Å². The summed E-state index contributed by atoms with van der Waals surface area (Å²) in [5, 5.41) is 8.12. The van der Waals surface area contributed by atoms with Crippen LogP contribution in [0, 0.1) is 0 Å². The van der Waals surface area contributed by atoms with Crippen LogP contribution in [0.15, 0.2) is 29.0 Å². The molecule has 0 aliphatic carbocycles. The fraction of sp³-hybridized carbons (Fsp3) is 0.0909. The molecule has 0 spiro atoms. The van der Waals surface area contributed by atoms with E-state index in [-0.39, 0.29) is 0 Å². The van der Waals surface area contributed by atoms with Crippen molar-refractivity contribution in [1.82, 2.24) is 14.8 Å². The first-order chi connectivity index (χ1) is 7.34. The number of rotatable bonds is 0. The molecule has 2 aromatic rings. The normalized spacial score (nSPS) is 13.1. The standard InChI is InChI=1S/C11H8BrN3/c12-11-14-13-10-7-9-4-2-1-3-8(9)5-6-15(10)11/h1-6H,7H2. The number of halogens is 1. The first-order valence-electron chi connectivity index (χ1n) is 4.70. The number of aromatic nitrogens is 3. The van der Waals surface area contributed by atoms with Gasteiger partial charge >= 0.3 is 0 Å². The average molecular weight is 262 g/mol. The van der Waals surface area contributed by atoms with Gasteiger partial charge in [0.25, 0.3) is 0 Å². The molecule has 3 nitrogen and oxygen atoms in total. The maximum atomic E-state index is 4.13. The van der Waals surface area contributed by atoms with Crippen molar-refractivity contribution in [2.24, 2.45) is 0 Å². The molecule has 0 saturated heterocycles. The van der Waals surface area contributed by atoms with Crippen molar-refractivity contribution in [2.45, 2.75) is 6.42 Å². The lowest BCUT2D eigenvalue weighted by molar-refractivity contribution is 0.937. The van der Waals surface area contributed by atoms with Gasteiger partial charge in [0, 0.05) is 12.6 Å². The van der Waals surface area contributed by atoms with Gasteiger partial charge in [-0.05, 0) is 33.1 Å². The van der Waals surface area contributed by atoms with Crippen LogP contribution in [-0.2, 0) is 6.42 Å². The zero-order valence-electron chi connectivity index (χ0n) is 7.89. The highest BCUT2D eigenvalue weighted by Gasteiger charge is 2.12. The van der Waals surface area contributed by atoms with Gasteiger partial charge in [-0.15, -0.1) is 10.2 Å². The van der Waals surface area contributed by atoms with E-state index in [2.05, 4.69) is 44.3 Å². The highest BCUT2D eigenvalue weighted by molar-refractivity contribution is 9.10. The zero-order chi connectivity index (χ0) is 10.3. The van der Waals surface area contributed by atoms with Crippen molar-refractivity contribution in [1.29, 1.82) is 0 Å². The van der Waals surface area contributed by atoms with Crippen LogP contribution in [0.1, 0.15) is 17.0 Å². The van der Waals surface area contributed by atoms with Crippen LogP contribution in [0.5, 0.6) is 0 Å². The Morgan fingerprint density at radius 1 is 1.20 bits per heavy atom. The molecule has 0 saturated carbocycles. The topological polar surface area (TPSA) is 30.7 Å². The van der Waals surface area contributed by atoms with Crippen molar-refractivity contribution in [2.75, 3.05) is 0 Å². The fourth-order valence-corrected chi connectivity index (χ4v) is 2.16. The second kappa shape index (κ2) is 3.31. The van der Waals surface area contributed by atoms with Crippen LogP contribution in [0.3, 0.4) is 0 Å². The predicted molar refractivity (Wildman–Crippen MR) is 62.2 cm³/mol. The molecule has 4 heteroatoms. The van der Waals surface area contributed by atoms with E-state index in [1.54, 1.807) is 0 Å². The summed E-state index contributed by atoms with van der Waals surface area (Å²) in [4.78, 5) is 0. The number of hydrogen-bond acceptors (Lipinski definition) is 2. The number of fused-ring (bicyclic) bond motifs is 2. The van der Waals surface area contributed by atoms with Crippen molar-refractivity contribution >= 4 is 28.2 Å². The lowest BCUT2D eigenvalue weighted by atomic mass is 10.1. The van der Waals surface area contributed by atoms with Crippen LogP contribution >= 0.6 is 15.9 Å². The summed E-state index contributed by atoms with van der Waals surface area (Å²) < 4.78 is 2.71. The first kappa shape index (κ1) is 8.85. The van der Waals surface area contributed by atoms with Gasteiger partial charge in [0.1, 0.15) is 5.82 Å². The molecule has 1 aliphatic heterocycles. The summed E-state index contributed by atoms with van der Waals surface area (Å²) in [5.41, 5.74) is 2.53. The van der Waals surface area contributed by atoms with Gasteiger partial charge in [-0.2, -0.15) is 0 Å². The maximum absolute atomic E-state index is 4.13. The third kappa shape index (κ3) is 1.41. The Hall–Kier alpha value is -1.42. The number of nitrogens with zero attached hydrogens (tertiary/aromatic N) is 3. The highest BCUT2D eigenvalue weighted by atomic mass is 79.9. The van der Waals surface area contributed by atoms with Gasteiger partial charge in [-0.1, -0.05) is 24.3 Å². The molecule has 15 heavy (non-hydrogen) atoms. The fourth-order valence-electron chi connectivity index (χ4n) is 1.75. The maximum Gasteiger partial charge on any atom is 0.204 e. The summed E-state index contributed by atoms with van der Waals surface area (Å²) in [6, 6.07) is 8.33. The molecule has 0 bridgehead atoms. The summed E-state index contributed by atoms with van der Waals surface area (Å²) in [5.74, 6) is 0.961. The molecule has 0 atom stereocenters. The quantitative estimate of drug-likeness (QED) is 0.623. The number of benzene rings is 1. The summed E-state index contributed by atoms with van der Waals surface area (Å²) in [7, 11) is 0. The molecular formula is C11H8BrN3. The summed E-state index contributed by atoms with van der Waals surface area (Å²) in [6.45, 7) is 0. The first-order valence-corrected chi connectivity index (χ1v) is 5.49. The van der Waals surface area contributed by atoms with Gasteiger partial charge in [0.2, 0.25) is 4.73 Å². The Kier molecular flexibility index (Phi) is 1.95. The molecule has 2 heterocycles. The summed E-state index contributed by atoms with van der Waals surface area (Å²) >= 11 is 3.37. The SMILES string of the molecule is Brc1nnc2n1C=Cc1ccccc1C2. The average Bonchev–Trinajstić information content (AvgIpc) is 2.51. The second-order valence-electron chi connectivity index (χ2n) is 3.45. The van der Waals surface area contributed by atoms with E-state index in [4.69, 9.17) is 0 Å². The Morgan fingerprint density at radius 3 is 3.00 bits per heavy atom. The zero-order valence-corrected chi connectivity index (χ0v) is 9.48. The van der Waals surface area contributed by atoms with Gasteiger partial charge in [-0.3, -0.25) is 4.57 Å². The van der Waals surface area contributed by atoms with Crippen LogP contribution in [0.4, 0.5) is 0 Å². The Morgan fingerprint density at radius 2 is 2.07 bits per heavy atom. The predicted octanol–water partition coefficient (Wildman–Crippen LogP) is 2.57. The van der Waals surface area contributed by atoms with E-state index in [1.165, 1.54) is 11.1 Å². The molecule has 74 valence electrons. The van der Waals surface area contributed by atoms with Crippen molar-refractivity contribution in [3.05, 3.63) is 46.0 Å². The Balaban J connectivity index is 2.20. The van der Waals surface area contributed by atoms with E-state index >= 15 is 0 Å². The molecule has 0 N–H and O–H groups in total. The number of hydrogen-bond donors (Lipinski definition) is 0. The lowest BCUT2D eigenvalue weighted by Crippen LogP contribution is -1.96. The van der Waals surface area contributed by atoms with Crippen molar-refractivity contribution in [3.63, 3.8) is 0 Å². The van der Waals surface area contributed by atoms with E-state index in [0.29, 0.717) is 0 Å². The van der Waals surface area contributed by atoms with Crippen LogP contribution in [0.25, 0.3) is 12.3 Å². The summed E-state index contributed by atoms with van der Waals surface area (Å²) in [6.07, 6.45) is 4.90. The smallest absolute Gasteiger partial charge is 0.204 e. The van der Waals surface area contributed by atoms with Gasteiger partial charge < -0.3 is 0 Å². The van der Waals surface area contributed by atoms with Crippen molar-refractivity contribution in [3.8, 4) is 0 Å². The molecule has 0 fully saturated rings. The largest absolute Gasteiger partial charge is 0.280 e. The lowest BCUT2D eigenvalue weighted by Gasteiger charge is -2.00. The van der Waals surface area contributed by atoms with E-state index < -0.39 is 0 Å². The minimum Gasteiger partial charge on any atom is -0.280 e. The van der Waals surface area contributed by atoms with Crippen molar-refractivity contribution < 1.29 is 0 Å². The van der Waals surface area contributed by atoms with Crippen LogP contribution in [-0.4, -0.2) is 14.8 Å². The minimum atomic E-state index is 0.751. The van der Waals surface area contributed by atoms with E-state index in [0.717, 1.165) is 17.0 Å². The molecule has 0 amide bonds. The molecule has 1 aromatic carbocycles. The van der Waals surface area contributed by atoms with Gasteiger partial charge in [0.15, 0.2) is 0 Å². The Bertz CT molecular complexity index is 543. The Labute approximate surface area is 95.6 Å². The van der Waals surface area contributed by atoms with Crippen LogP contribution < -0.4 is 0 Å².